The molecule has 0 radical (unpaired) electrons. The molecule has 1 aliphatic rings. The van der Waals surface area contributed by atoms with Gasteiger partial charge in [0.2, 0.25) is 0 Å². The molecule has 1 aliphatic heterocycles. The molecule has 2 heterocycles. The van der Waals surface area contributed by atoms with E-state index in [0.717, 1.165) is 23.7 Å². The lowest BCUT2D eigenvalue weighted by Gasteiger charge is -2.31. The molecule has 126 valence electrons. The zero-order valence-corrected chi connectivity index (χ0v) is 13.7. The van der Waals surface area contributed by atoms with Crippen molar-refractivity contribution in [3.8, 4) is 0 Å². The first kappa shape index (κ1) is 16.2. The highest BCUT2D eigenvalue weighted by Crippen LogP contribution is 2.14. The average Bonchev–Trinajstić information content (AvgIpc) is 2.62. The van der Waals surface area contributed by atoms with Gasteiger partial charge in [-0.3, -0.25) is 4.79 Å². The van der Waals surface area contributed by atoms with E-state index in [1.165, 1.54) is 0 Å². The molecule has 0 spiro atoms. The fourth-order valence-corrected chi connectivity index (χ4v) is 2.87. The number of piperidine rings is 1. The highest BCUT2D eigenvalue weighted by atomic mass is 16.6. The maximum absolute atomic E-state index is 12.4. The van der Waals surface area contributed by atoms with Crippen LogP contribution in [0, 0.1) is 0 Å². The summed E-state index contributed by atoms with van der Waals surface area (Å²) in [6.45, 7) is 3.36. The van der Waals surface area contributed by atoms with Crippen molar-refractivity contribution < 1.29 is 14.3 Å². The summed E-state index contributed by atoms with van der Waals surface area (Å²) < 4.78 is 5.00. The van der Waals surface area contributed by atoms with E-state index in [4.69, 9.17) is 4.74 Å². The Bertz CT molecular complexity index is 739. The number of amides is 2. The van der Waals surface area contributed by atoms with Crippen LogP contribution in [0.2, 0.25) is 0 Å². The first-order chi connectivity index (χ1) is 11.7. The Hall–Kier alpha value is -2.63. The molecule has 24 heavy (non-hydrogen) atoms. The first-order valence-corrected chi connectivity index (χ1v) is 8.25. The fraction of sp³-hybridized carbons (Fsp3) is 0.389. The smallest absolute Gasteiger partial charge is 0.409 e. The molecule has 0 unspecified atom stereocenters. The quantitative estimate of drug-likeness (QED) is 0.940. The largest absolute Gasteiger partial charge is 0.450 e. The van der Waals surface area contributed by atoms with Crippen LogP contribution in [0.4, 0.5) is 4.79 Å². The van der Waals surface area contributed by atoms with Gasteiger partial charge < -0.3 is 15.0 Å². The number of carbonyl (C=O) groups excluding carboxylic acids is 2. The Morgan fingerprint density at radius 2 is 1.96 bits per heavy atom. The number of carbonyl (C=O) groups is 2. The van der Waals surface area contributed by atoms with Gasteiger partial charge in [0.05, 0.1) is 12.1 Å². The van der Waals surface area contributed by atoms with Crippen LogP contribution in [0.1, 0.15) is 30.3 Å². The minimum atomic E-state index is -0.279. The van der Waals surface area contributed by atoms with Gasteiger partial charge in [-0.15, -0.1) is 0 Å². The second-order valence-electron chi connectivity index (χ2n) is 5.82. The lowest BCUT2D eigenvalue weighted by Crippen LogP contribution is -2.46. The molecule has 0 bridgehead atoms. The molecule has 1 fully saturated rings. The number of fused-ring (bicyclic) bond motifs is 1. The summed E-state index contributed by atoms with van der Waals surface area (Å²) in [6.07, 6.45) is 1.16. The van der Waals surface area contributed by atoms with E-state index in [1.807, 2.05) is 30.3 Å². The molecule has 1 N–H and O–H groups in total. The first-order valence-electron chi connectivity index (χ1n) is 8.25. The van der Waals surface area contributed by atoms with Crippen LogP contribution in [0.15, 0.2) is 36.4 Å². The summed E-state index contributed by atoms with van der Waals surface area (Å²) in [4.78, 5) is 30.2. The standard InChI is InChI=1S/C18H21N3O3/c1-2-24-18(23)21-11-9-14(10-12-21)19-17(22)16-8-7-13-5-3-4-6-15(13)20-16/h3-8,14H,2,9-12H2,1H3,(H,19,22). The molecule has 1 saturated heterocycles. The molecule has 1 aromatic carbocycles. The highest BCUT2D eigenvalue weighted by molar-refractivity contribution is 5.95. The molecule has 2 aromatic rings. The average molecular weight is 327 g/mol. The third-order valence-electron chi connectivity index (χ3n) is 4.19. The third kappa shape index (κ3) is 3.64. The van der Waals surface area contributed by atoms with Crippen LogP contribution in [0.25, 0.3) is 10.9 Å². The monoisotopic (exact) mass is 327 g/mol. The maximum atomic E-state index is 12.4. The zero-order valence-electron chi connectivity index (χ0n) is 13.7. The van der Waals surface area contributed by atoms with Crippen LogP contribution in [-0.4, -0.2) is 47.6 Å². The van der Waals surface area contributed by atoms with Crippen molar-refractivity contribution >= 4 is 22.9 Å². The van der Waals surface area contributed by atoms with E-state index in [9.17, 15) is 9.59 Å². The van der Waals surface area contributed by atoms with Crippen LogP contribution in [0.5, 0.6) is 0 Å². The second kappa shape index (κ2) is 7.29. The number of nitrogens with zero attached hydrogens (tertiary/aromatic N) is 2. The third-order valence-corrected chi connectivity index (χ3v) is 4.19. The Morgan fingerprint density at radius 3 is 2.71 bits per heavy atom. The van der Waals surface area contributed by atoms with Crippen molar-refractivity contribution in [3.63, 3.8) is 0 Å². The van der Waals surface area contributed by atoms with E-state index < -0.39 is 0 Å². The fourth-order valence-electron chi connectivity index (χ4n) is 2.87. The molecule has 2 amide bonds. The number of pyridine rings is 1. The number of ether oxygens (including phenoxy) is 1. The molecular formula is C18H21N3O3. The van der Waals surface area contributed by atoms with E-state index in [2.05, 4.69) is 10.3 Å². The van der Waals surface area contributed by atoms with Gasteiger partial charge in [-0.2, -0.15) is 0 Å². The topological polar surface area (TPSA) is 71.5 Å². The summed E-state index contributed by atoms with van der Waals surface area (Å²) in [7, 11) is 0. The SMILES string of the molecule is CCOC(=O)N1CCC(NC(=O)c2ccc3ccccc3n2)CC1. The van der Waals surface area contributed by atoms with Gasteiger partial charge in [0.15, 0.2) is 0 Å². The number of para-hydroxylation sites is 1. The van der Waals surface area contributed by atoms with Gasteiger partial charge in [-0.1, -0.05) is 24.3 Å². The van der Waals surface area contributed by atoms with Gasteiger partial charge in [-0.05, 0) is 31.9 Å². The molecule has 1 aromatic heterocycles. The number of rotatable bonds is 3. The van der Waals surface area contributed by atoms with Crippen molar-refractivity contribution in [1.82, 2.24) is 15.2 Å². The normalized spacial score (nSPS) is 15.3. The molecular weight excluding hydrogens is 306 g/mol. The zero-order chi connectivity index (χ0) is 16.9. The van der Waals surface area contributed by atoms with Crippen molar-refractivity contribution in [3.05, 3.63) is 42.1 Å². The number of hydrogen-bond acceptors (Lipinski definition) is 4. The second-order valence-corrected chi connectivity index (χ2v) is 5.82. The van der Waals surface area contributed by atoms with E-state index >= 15 is 0 Å². The van der Waals surface area contributed by atoms with Gasteiger partial charge >= 0.3 is 6.09 Å². The van der Waals surface area contributed by atoms with Gasteiger partial charge in [-0.25, -0.2) is 9.78 Å². The van der Waals surface area contributed by atoms with E-state index in [0.29, 0.717) is 25.4 Å². The summed E-state index contributed by atoms with van der Waals surface area (Å²) >= 11 is 0. The van der Waals surface area contributed by atoms with Gasteiger partial charge in [0, 0.05) is 24.5 Å². The molecule has 0 aliphatic carbocycles. The Balaban J connectivity index is 1.58. The van der Waals surface area contributed by atoms with Gasteiger partial charge in [0.1, 0.15) is 5.69 Å². The Kier molecular flexibility index (Phi) is 4.93. The lowest BCUT2D eigenvalue weighted by atomic mass is 10.1. The molecule has 6 nitrogen and oxygen atoms in total. The lowest BCUT2D eigenvalue weighted by molar-refractivity contribution is 0.0857. The van der Waals surface area contributed by atoms with Crippen molar-refractivity contribution in [1.29, 1.82) is 0 Å². The number of likely N-dealkylation sites (tertiary alicyclic amines) is 1. The Labute approximate surface area is 140 Å². The predicted molar refractivity (Wildman–Crippen MR) is 90.8 cm³/mol. The number of nitrogens with one attached hydrogen (secondary N) is 1. The summed E-state index contributed by atoms with van der Waals surface area (Å²) in [5.41, 5.74) is 1.23. The van der Waals surface area contributed by atoms with Gasteiger partial charge in [0.25, 0.3) is 5.91 Å². The summed E-state index contributed by atoms with van der Waals surface area (Å²) in [5.74, 6) is -0.171. The van der Waals surface area contributed by atoms with E-state index in [-0.39, 0.29) is 18.0 Å². The van der Waals surface area contributed by atoms with Crippen LogP contribution >= 0.6 is 0 Å². The highest BCUT2D eigenvalue weighted by Gasteiger charge is 2.25. The summed E-state index contributed by atoms with van der Waals surface area (Å²) in [5, 5.41) is 4.02. The van der Waals surface area contributed by atoms with Crippen LogP contribution < -0.4 is 5.32 Å². The minimum Gasteiger partial charge on any atom is -0.450 e. The summed E-state index contributed by atoms with van der Waals surface area (Å²) in [6, 6.07) is 11.4. The van der Waals surface area contributed by atoms with Crippen LogP contribution in [-0.2, 0) is 4.74 Å². The molecule has 0 atom stereocenters. The predicted octanol–water partition coefficient (Wildman–Crippen LogP) is 2.59. The maximum Gasteiger partial charge on any atom is 0.409 e. The van der Waals surface area contributed by atoms with Crippen molar-refractivity contribution in [2.24, 2.45) is 0 Å². The van der Waals surface area contributed by atoms with Crippen LogP contribution in [0.3, 0.4) is 0 Å². The number of aromatic nitrogens is 1. The minimum absolute atomic E-state index is 0.0523. The number of benzene rings is 1. The molecule has 6 heteroatoms. The number of hydrogen-bond donors (Lipinski definition) is 1. The molecule has 3 rings (SSSR count). The van der Waals surface area contributed by atoms with Crippen molar-refractivity contribution in [2.45, 2.75) is 25.8 Å². The Morgan fingerprint density at radius 1 is 1.21 bits per heavy atom. The van der Waals surface area contributed by atoms with E-state index in [1.54, 1.807) is 17.9 Å². The van der Waals surface area contributed by atoms with Crippen molar-refractivity contribution in [2.75, 3.05) is 19.7 Å². The molecule has 0 saturated carbocycles.